The van der Waals surface area contributed by atoms with Crippen molar-refractivity contribution in [1.82, 2.24) is 5.32 Å². The first-order valence-corrected chi connectivity index (χ1v) is 11.2. The maximum Gasteiger partial charge on any atom is 0.122 e. The summed E-state index contributed by atoms with van der Waals surface area (Å²) in [5.74, 6) is 1.64. The van der Waals surface area contributed by atoms with Crippen LogP contribution in [0, 0.1) is 11.3 Å². The molecule has 166 valence electrons. The monoisotopic (exact) mass is 428 g/mol. The molecular weight excluding hydrogens is 396 g/mol. The summed E-state index contributed by atoms with van der Waals surface area (Å²) in [5.41, 5.74) is 2.70. The second-order valence-electron chi connectivity index (χ2n) is 7.93. The topological polar surface area (TPSA) is 54.3 Å². The first-order valence-electron chi connectivity index (χ1n) is 11.2. The number of benzene rings is 3. The van der Waals surface area contributed by atoms with Crippen LogP contribution in [0.25, 0.3) is 0 Å². The van der Waals surface area contributed by atoms with Gasteiger partial charge in [0.1, 0.15) is 16.9 Å². The van der Waals surface area contributed by atoms with Gasteiger partial charge < -0.3 is 14.8 Å². The smallest absolute Gasteiger partial charge is 0.122 e. The Bertz CT molecular complexity index is 935. The average Bonchev–Trinajstić information content (AvgIpc) is 2.86. The number of rotatable bonds is 12. The van der Waals surface area contributed by atoms with E-state index in [0.29, 0.717) is 0 Å². The Hall–Kier alpha value is -3.29. The van der Waals surface area contributed by atoms with E-state index >= 15 is 0 Å². The van der Waals surface area contributed by atoms with Crippen molar-refractivity contribution in [3.8, 4) is 17.6 Å². The van der Waals surface area contributed by atoms with Gasteiger partial charge in [-0.25, -0.2) is 0 Å². The van der Waals surface area contributed by atoms with Crippen LogP contribution in [0.2, 0.25) is 0 Å². The predicted octanol–water partition coefficient (Wildman–Crippen LogP) is 5.52. The summed E-state index contributed by atoms with van der Waals surface area (Å²) >= 11 is 0. The number of methoxy groups -OCH3 is 2. The van der Waals surface area contributed by atoms with Crippen LogP contribution < -0.4 is 14.8 Å². The van der Waals surface area contributed by atoms with Gasteiger partial charge in [0, 0.05) is 6.07 Å². The lowest BCUT2D eigenvalue weighted by Gasteiger charge is -2.28. The van der Waals surface area contributed by atoms with Crippen LogP contribution in [-0.4, -0.2) is 27.3 Å². The maximum absolute atomic E-state index is 10.2. The Labute approximate surface area is 191 Å². The molecule has 4 heteroatoms. The molecule has 0 amide bonds. The fourth-order valence-corrected chi connectivity index (χ4v) is 4.12. The largest absolute Gasteiger partial charge is 0.497 e. The summed E-state index contributed by atoms with van der Waals surface area (Å²) in [6.07, 6.45) is 3.68. The van der Waals surface area contributed by atoms with Gasteiger partial charge in [0.25, 0.3) is 0 Å². The van der Waals surface area contributed by atoms with Crippen molar-refractivity contribution in [3.63, 3.8) is 0 Å². The molecule has 0 atom stereocenters. The van der Waals surface area contributed by atoms with Crippen molar-refractivity contribution in [2.75, 3.05) is 27.3 Å². The molecule has 1 N–H and O–H groups in total. The number of hydrogen-bond donors (Lipinski definition) is 1. The zero-order valence-corrected chi connectivity index (χ0v) is 19.0. The molecule has 3 aromatic rings. The van der Waals surface area contributed by atoms with Gasteiger partial charge in [0.2, 0.25) is 0 Å². The Morgan fingerprint density at radius 3 is 1.81 bits per heavy atom. The SMILES string of the molecule is COc1cc(CCCNCCCC(C#N)(c2ccccc2)c2ccccc2)cc(OC)c1. The highest BCUT2D eigenvalue weighted by Crippen LogP contribution is 2.36. The minimum atomic E-state index is -0.624. The van der Waals surface area contributed by atoms with E-state index in [1.54, 1.807) is 14.2 Å². The molecule has 0 radical (unpaired) electrons. The molecule has 3 rings (SSSR count). The van der Waals surface area contributed by atoms with Crippen LogP contribution in [0.5, 0.6) is 11.5 Å². The molecule has 0 aliphatic carbocycles. The molecule has 3 aromatic carbocycles. The van der Waals surface area contributed by atoms with Crippen LogP contribution in [0.3, 0.4) is 0 Å². The van der Waals surface area contributed by atoms with Gasteiger partial charge >= 0.3 is 0 Å². The third-order valence-corrected chi connectivity index (χ3v) is 5.86. The predicted molar refractivity (Wildman–Crippen MR) is 129 cm³/mol. The van der Waals surface area contributed by atoms with Crippen LogP contribution in [0.4, 0.5) is 0 Å². The first kappa shape index (κ1) is 23.4. The van der Waals surface area contributed by atoms with Gasteiger partial charge in [-0.2, -0.15) is 5.26 Å². The van der Waals surface area contributed by atoms with E-state index in [1.165, 1.54) is 5.56 Å². The van der Waals surface area contributed by atoms with Gasteiger partial charge in [0.05, 0.1) is 20.3 Å². The molecule has 0 aliphatic rings. The van der Waals surface area contributed by atoms with Crippen LogP contribution in [0.1, 0.15) is 36.0 Å². The Morgan fingerprint density at radius 2 is 1.31 bits per heavy atom. The molecule has 0 fully saturated rings. The lowest BCUT2D eigenvalue weighted by molar-refractivity contribution is 0.393. The Balaban J connectivity index is 1.53. The number of hydrogen-bond acceptors (Lipinski definition) is 4. The first-order chi connectivity index (χ1) is 15.7. The Kier molecular flexibility index (Phi) is 8.71. The van der Waals surface area contributed by atoms with Crippen molar-refractivity contribution >= 4 is 0 Å². The zero-order valence-electron chi connectivity index (χ0n) is 19.0. The molecule has 0 aliphatic heterocycles. The number of nitrogens with one attached hydrogen (secondary N) is 1. The second kappa shape index (κ2) is 11.9. The average molecular weight is 429 g/mol. The molecule has 0 saturated carbocycles. The minimum Gasteiger partial charge on any atom is -0.497 e. The van der Waals surface area contributed by atoms with E-state index in [1.807, 2.05) is 42.5 Å². The maximum atomic E-state index is 10.2. The summed E-state index contributed by atoms with van der Waals surface area (Å²) in [4.78, 5) is 0. The van der Waals surface area contributed by atoms with Crippen molar-refractivity contribution in [3.05, 3.63) is 95.6 Å². The molecule has 0 saturated heterocycles. The summed E-state index contributed by atoms with van der Waals surface area (Å²) in [6.45, 7) is 1.81. The standard InChI is InChI=1S/C28H32N2O2/c1-31-26-19-23(20-27(21-26)32-2)11-9-17-30-18-10-16-28(22-29,24-12-5-3-6-13-24)25-14-7-4-8-15-25/h3-8,12-15,19-21,30H,9-11,16-18H2,1-2H3. The summed E-state index contributed by atoms with van der Waals surface area (Å²) in [5, 5.41) is 13.8. The fourth-order valence-electron chi connectivity index (χ4n) is 4.12. The second-order valence-corrected chi connectivity index (χ2v) is 7.93. The van der Waals surface area contributed by atoms with Crippen LogP contribution in [-0.2, 0) is 11.8 Å². The summed E-state index contributed by atoms with van der Waals surface area (Å²) < 4.78 is 10.7. The van der Waals surface area contributed by atoms with Crippen molar-refractivity contribution in [2.24, 2.45) is 0 Å². The summed E-state index contributed by atoms with van der Waals surface area (Å²) in [7, 11) is 3.35. The van der Waals surface area contributed by atoms with Gasteiger partial charge in [-0.1, -0.05) is 60.7 Å². The molecule has 0 unspecified atom stereocenters. The third kappa shape index (κ3) is 5.90. The van der Waals surface area contributed by atoms with Crippen molar-refractivity contribution in [1.29, 1.82) is 5.26 Å². The molecule has 0 bridgehead atoms. The molecule has 4 nitrogen and oxygen atoms in total. The number of nitrogens with zero attached hydrogens (tertiary/aromatic N) is 1. The quantitative estimate of drug-likeness (QED) is 0.386. The van der Waals surface area contributed by atoms with E-state index in [-0.39, 0.29) is 0 Å². The third-order valence-electron chi connectivity index (χ3n) is 5.86. The van der Waals surface area contributed by atoms with Gasteiger partial charge in [-0.3, -0.25) is 0 Å². The number of aryl methyl sites for hydroxylation is 1. The van der Waals surface area contributed by atoms with Gasteiger partial charge in [-0.15, -0.1) is 0 Å². The molecule has 0 spiro atoms. The lowest BCUT2D eigenvalue weighted by atomic mass is 9.72. The van der Waals surface area contributed by atoms with Crippen molar-refractivity contribution < 1.29 is 9.47 Å². The van der Waals surface area contributed by atoms with Gasteiger partial charge in [0.15, 0.2) is 0 Å². The fraction of sp³-hybridized carbons (Fsp3) is 0.321. The van der Waals surface area contributed by atoms with Gasteiger partial charge in [-0.05, 0) is 67.6 Å². The normalized spacial score (nSPS) is 11.0. The van der Waals surface area contributed by atoms with Crippen LogP contribution in [0.15, 0.2) is 78.9 Å². The molecule has 32 heavy (non-hydrogen) atoms. The van der Waals surface area contributed by atoms with E-state index in [4.69, 9.17) is 9.47 Å². The van der Waals surface area contributed by atoms with Crippen LogP contribution >= 0.6 is 0 Å². The number of nitriles is 1. The highest BCUT2D eigenvalue weighted by atomic mass is 16.5. The lowest BCUT2D eigenvalue weighted by Crippen LogP contribution is -2.28. The van der Waals surface area contributed by atoms with Crippen molar-refractivity contribution in [2.45, 2.75) is 31.1 Å². The molecule has 0 aromatic heterocycles. The summed E-state index contributed by atoms with van der Waals surface area (Å²) in [6, 6.07) is 28.9. The zero-order chi connectivity index (χ0) is 22.7. The van der Waals surface area contributed by atoms with E-state index in [9.17, 15) is 5.26 Å². The Morgan fingerprint density at radius 1 is 0.781 bits per heavy atom. The molecule has 0 heterocycles. The minimum absolute atomic E-state index is 0.624. The molecular formula is C28H32N2O2. The highest BCUT2D eigenvalue weighted by Gasteiger charge is 2.33. The van der Waals surface area contributed by atoms with E-state index < -0.39 is 5.41 Å². The van der Waals surface area contributed by atoms with E-state index in [0.717, 1.165) is 61.4 Å². The number of ether oxygens (including phenoxy) is 2. The highest BCUT2D eigenvalue weighted by molar-refractivity contribution is 5.45. The van der Waals surface area contributed by atoms with E-state index in [2.05, 4.69) is 47.8 Å².